The van der Waals surface area contributed by atoms with Crippen LogP contribution in [0.2, 0.25) is 5.02 Å². The predicted octanol–water partition coefficient (Wildman–Crippen LogP) is 2.60. The molecule has 2 aromatic rings. The standard InChI is InChI=1S/C14H16ClFN2O2/c1-20-6-5-18-14(12(15)9-17-18)13(19)8-10-3-2-4-11(16)7-10/h2-4,7,9,13,19H,5-6,8H2,1H3. The van der Waals surface area contributed by atoms with E-state index in [-0.39, 0.29) is 12.2 Å². The minimum Gasteiger partial charge on any atom is -0.386 e. The van der Waals surface area contributed by atoms with Gasteiger partial charge < -0.3 is 9.84 Å². The third-order valence-corrected chi connectivity index (χ3v) is 3.27. The van der Waals surface area contributed by atoms with E-state index in [0.717, 1.165) is 0 Å². The van der Waals surface area contributed by atoms with E-state index in [1.807, 2.05) is 0 Å². The van der Waals surface area contributed by atoms with Crippen molar-refractivity contribution in [2.24, 2.45) is 0 Å². The summed E-state index contributed by atoms with van der Waals surface area (Å²) < 4.78 is 19.7. The van der Waals surface area contributed by atoms with Gasteiger partial charge in [-0.25, -0.2) is 4.39 Å². The van der Waals surface area contributed by atoms with Crippen molar-refractivity contribution >= 4 is 11.6 Å². The van der Waals surface area contributed by atoms with E-state index in [9.17, 15) is 9.50 Å². The molecular weight excluding hydrogens is 283 g/mol. The van der Waals surface area contributed by atoms with Crippen LogP contribution in [0.3, 0.4) is 0 Å². The molecule has 1 aromatic heterocycles. The molecule has 6 heteroatoms. The molecule has 0 aliphatic rings. The van der Waals surface area contributed by atoms with Crippen molar-refractivity contribution < 1.29 is 14.2 Å². The lowest BCUT2D eigenvalue weighted by atomic mass is 10.1. The minimum atomic E-state index is -0.844. The van der Waals surface area contributed by atoms with Crippen molar-refractivity contribution in [3.05, 3.63) is 52.6 Å². The number of aliphatic hydroxyl groups is 1. The largest absolute Gasteiger partial charge is 0.386 e. The summed E-state index contributed by atoms with van der Waals surface area (Å²) in [5, 5.41) is 14.8. The molecule has 4 nitrogen and oxygen atoms in total. The number of halogens is 2. The summed E-state index contributed by atoms with van der Waals surface area (Å²) >= 11 is 6.06. The van der Waals surface area contributed by atoms with Crippen LogP contribution >= 0.6 is 11.6 Å². The lowest BCUT2D eigenvalue weighted by Gasteiger charge is -2.14. The Morgan fingerprint density at radius 3 is 3.00 bits per heavy atom. The van der Waals surface area contributed by atoms with Gasteiger partial charge in [0.1, 0.15) is 11.9 Å². The number of hydrogen-bond acceptors (Lipinski definition) is 3. The second kappa shape index (κ2) is 6.83. The van der Waals surface area contributed by atoms with E-state index in [0.29, 0.717) is 29.4 Å². The van der Waals surface area contributed by atoms with Crippen LogP contribution in [0.4, 0.5) is 4.39 Å². The highest BCUT2D eigenvalue weighted by Crippen LogP contribution is 2.25. The first kappa shape index (κ1) is 15.0. The zero-order chi connectivity index (χ0) is 14.5. The predicted molar refractivity (Wildman–Crippen MR) is 74.2 cm³/mol. The fourth-order valence-electron chi connectivity index (χ4n) is 2.04. The molecule has 20 heavy (non-hydrogen) atoms. The Balaban J connectivity index is 2.16. The Hall–Kier alpha value is -1.43. The number of nitrogens with zero attached hydrogens (tertiary/aromatic N) is 2. The number of rotatable bonds is 6. The fourth-order valence-corrected chi connectivity index (χ4v) is 2.31. The van der Waals surface area contributed by atoms with Gasteiger partial charge in [0.25, 0.3) is 0 Å². The fraction of sp³-hybridized carbons (Fsp3) is 0.357. The number of benzene rings is 1. The maximum absolute atomic E-state index is 13.1. The summed E-state index contributed by atoms with van der Waals surface area (Å²) in [6, 6.07) is 6.13. The number of ether oxygens (including phenoxy) is 1. The smallest absolute Gasteiger partial charge is 0.123 e. The van der Waals surface area contributed by atoms with Crippen LogP contribution in [0, 0.1) is 5.82 Å². The topological polar surface area (TPSA) is 47.3 Å². The van der Waals surface area contributed by atoms with Crippen LogP contribution in [-0.4, -0.2) is 28.6 Å². The summed E-state index contributed by atoms with van der Waals surface area (Å²) in [6.45, 7) is 0.969. The van der Waals surface area contributed by atoms with Crippen LogP contribution < -0.4 is 0 Å². The molecular formula is C14H16ClFN2O2. The summed E-state index contributed by atoms with van der Waals surface area (Å²) in [5.41, 5.74) is 1.22. The highest BCUT2D eigenvalue weighted by molar-refractivity contribution is 6.31. The quantitative estimate of drug-likeness (QED) is 0.892. The SMILES string of the molecule is COCCn1ncc(Cl)c1C(O)Cc1cccc(F)c1. The van der Waals surface area contributed by atoms with Gasteiger partial charge in [-0.1, -0.05) is 23.7 Å². The second-order valence-electron chi connectivity index (χ2n) is 4.44. The third-order valence-electron chi connectivity index (χ3n) is 2.97. The van der Waals surface area contributed by atoms with Gasteiger partial charge in [0.05, 0.1) is 30.1 Å². The Bertz CT molecular complexity index is 574. The zero-order valence-electron chi connectivity index (χ0n) is 11.1. The molecule has 1 atom stereocenters. The van der Waals surface area contributed by atoms with Crippen LogP contribution in [0.15, 0.2) is 30.5 Å². The highest BCUT2D eigenvalue weighted by atomic mass is 35.5. The molecule has 0 radical (unpaired) electrons. The molecule has 0 spiro atoms. The van der Waals surface area contributed by atoms with Crippen molar-refractivity contribution in [1.82, 2.24) is 9.78 Å². The molecule has 0 fully saturated rings. The van der Waals surface area contributed by atoms with Gasteiger partial charge in [0, 0.05) is 13.5 Å². The van der Waals surface area contributed by atoms with E-state index in [1.54, 1.807) is 23.9 Å². The van der Waals surface area contributed by atoms with Crippen molar-refractivity contribution in [3.63, 3.8) is 0 Å². The average Bonchev–Trinajstić information content (AvgIpc) is 2.77. The lowest BCUT2D eigenvalue weighted by Crippen LogP contribution is -2.14. The summed E-state index contributed by atoms with van der Waals surface area (Å²) in [5.74, 6) is -0.325. The third kappa shape index (κ3) is 3.56. The number of methoxy groups -OCH3 is 1. The lowest BCUT2D eigenvalue weighted by molar-refractivity contribution is 0.153. The van der Waals surface area contributed by atoms with Crippen molar-refractivity contribution in [3.8, 4) is 0 Å². The summed E-state index contributed by atoms with van der Waals surface area (Å²) in [7, 11) is 1.59. The molecule has 108 valence electrons. The normalized spacial score (nSPS) is 12.6. The molecule has 1 N–H and O–H groups in total. The molecule has 0 amide bonds. The summed E-state index contributed by atoms with van der Waals surface area (Å²) in [4.78, 5) is 0. The van der Waals surface area contributed by atoms with Crippen LogP contribution in [-0.2, 0) is 17.7 Å². The van der Waals surface area contributed by atoms with Crippen LogP contribution in [0.1, 0.15) is 17.4 Å². The Kier molecular flexibility index (Phi) is 5.11. The van der Waals surface area contributed by atoms with Gasteiger partial charge in [-0.2, -0.15) is 5.10 Å². The first-order chi connectivity index (χ1) is 9.61. The van der Waals surface area contributed by atoms with Gasteiger partial charge in [-0.15, -0.1) is 0 Å². The van der Waals surface area contributed by atoms with E-state index in [1.165, 1.54) is 18.3 Å². The van der Waals surface area contributed by atoms with Gasteiger partial charge in [-0.3, -0.25) is 4.68 Å². The zero-order valence-corrected chi connectivity index (χ0v) is 11.8. The molecule has 2 rings (SSSR count). The average molecular weight is 299 g/mol. The van der Waals surface area contributed by atoms with Crippen molar-refractivity contribution in [2.75, 3.05) is 13.7 Å². The summed E-state index contributed by atoms with van der Waals surface area (Å²) in [6.07, 6.45) is 0.918. The molecule has 0 saturated carbocycles. The van der Waals surface area contributed by atoms with Gasteiger partial charge >= 0.3 is 0 Å². The van der Waals surface area contributed by atoms with Crippen LogP contribution in [0.5, 0.6) is 0 Å². The Morgan fingerprint density at radius 1 is 1.50 bits per heavy atom. The van der Waals surface area contributed by atoms with E-state index >= 15 is 0 Å². The first-order valence-electron chi connectivity index (χ1n) is 6.24. The van der Waals surface area contributed by atoms with Gasteiger partial charge in [0.15, 0.2) is 0 Å². The van der Waals surface area contributed by atoms with E-state index < -0.39 is 6.10 Å². The molecule has 1 heterocycles. The van der Waals surface area contributed by atoms with Crippen molar-refractivity contribution in [2.45, 2.75) is 19.1 Å². The molecule has 0 saturated heterocycles. The second-order valence-corrected chi connectivity index (χ2v) is 4.85. The van der Waals surface area contributed by atoms with Gasteiger partial charge in [0.2, 0.25) is 0 Å². The van der Waals surface area contributed by atoms with E-state index in [2.05, 4.69) is 5.10 Å². The van der Waals surface area contributed by atoms with E-state index in [4.69, 9.17) is 16.3 Å². The highest BCUT2D eigenvalue weighted by Gasteiger charge is 2.18. The monoisotopic (exact) mass is 298 g/mol. The van der Waals surface area contributed by atoms with Gasteiger partial charge in [-0.05, 0) is 17.7 Å². The maximum atomic E-state index is 13.1. The molecule has 0 aliphatic heterocycles. The Labute approximate surface area is 121 Å². The first-order valence-corrected chi connectivity index (χ1v) is 6.62. The van der Waals surface area contributed by atoms with Crippen LogP contribution in [0.25, 0.3) is 0 Å². The number of aliphatic hydroxyl groups excluding tert-OH is 1. The Morgan fingerprint density at radius 2 is 2.30 bits per heavy atom. The molecule has 0 bridgehead atoms. The minimum absolute atomic E-state index is 0.274. The number of aromatic nitrogens is 2. The maximum Gasteiger partial charge on any atom is 0.123 e. The molecule has 1 aromatic carbocycles. The molecule has 0 aliphatic carbocycles. The van der Waals surface area contributed by atoms with Crippen molar-refractivity contribution in [1.29, 1.82) is 0 Å². The molecule has 1 unspecified atom stereocenters. The number of hydrogen-bond donors (Lipinski definition) is 1.